The van der Waals surface area contributed by atoms with E-state index in [0.717, 1.165) is 16.4 Å². The third-order valence-corrected chi connectivity index (χ3v) is 7.32. The van der Waals surface area contributed by atoms with Gasteiger partial charge in [-0.15, -0.1) is 0 Å². The Labute approximate surface area is 220 Å². The van der Waals surface area contributed by atoms with Crippen LogP contribution in [0, 0.1) is 11.6 Å². The maximum Gasteiger partial charge on any atom is 0.414 e. The highest BCUT2D eigenvalue weighted by molar-refractivity contribution is 7.92. The van der Waals surface area contributed by atoms with E-state index >= 15 is 0 Å². The summed E-state index contributed by atoms with van der Waals surface area (Å²) in [5, 5.41) is 3.08. The van der Waals surface area contributed by atoms with Crippen LogP contribution in [-0.2, 0) is 10.0 Å². The van der Waals surface area contributed by atoms with Gasteiger partial charge < -0.3 is 19.9 Å². The summed E-state index contributed by atoms with van der Waals surface area (Å²) < 4.78 is 61.0. The molecule has 0 saturated carbocycles. The Hall–Kier alpha value is -4.00. The summed E-state index contributed by atoms with van der Waals surface area (Å²) in [5.74, 6) is -1.31. The zero-order valence-corrected chi connectivity index (χ0v) is 22.6. The van der Waals surface area contributed by atoms with Crippen LogP contribution in [0.2, 0.25) is 0 Å². The van der Waals surface area contributed by atoms with Crippen molar-refractivity contribution in [1.82, 2.24) is 14.9 Å². The van der Waals surface area contributed by atoms with Gasteiger partial charge in [-0.25, -0.2) is 27.0 Å². The Morgan fingerprint density at radius 1 is 1.00 bits per heavy atom. The number of ether oxygens (including phenoxy) is 1. The maximum atomic E-state index is 13.9. The molecule has 0 radical (unpaired) electrons. The number of hydrogen-bond donors (Lipinski definition) is 1. The Kier molecular flexibility index (Phi) is 9.04. The molecule has 0 saturated heterocycles. The Morgan fingerprint density at radius 3 is 2.24 bits per heavy atom. The zero-order chi connectivity index (χ0) is 28.0. The van der Waals surface area contributed by atoms with Gasteiger partial charge in [-0.05, 0) is 45.0 Å². The van der Waals surface area contributed by atoms with Crippen molar-refractivity contribution in [2.24, 2.45) is 0 Å². The van der Waals surface area contributed by atoms with Crippen molar-refractivity contribution in [3.63, 3.8) is 0 Å². The lowest BCUT2D eigenvalue weighted by atomic mass is 10.3. The van der Waals surface area contributed by atoms with Gasteiger partial charge in [-0.3, -0.25) is 4.31 Å². The summed E-state index contributed by atoms with van der Waals surface area (Å²) in [6, 6.07) is 8.58. The molecule has 0 fully saturated rings. The maximum absolute atomic E-state index is 13.9. The van der Waals surface area contributed by atoms with Crippen molar-refractivity contribution >= 4 is 39.3 Å². The normalized spacial score (nSPS) is 11.1. The van der Waals surface area contributed by atoms with Gasteiger partial charge in [0.25, 0.3) is 10.0 Å². The third kappa shape index (κ3) is 6.46. The summed E-state index contributed by atoms with van der Waals surface area (Å²) in [6.07, 6.45) is 0.773. The predicted octanol–water partition coefficient (Wildman–Crippen LogP) is 4.62. The SMILES string of the molecule is CCN(CC)c1ncc(N(CC)S(=O)(=O)c2cc(F)cc(F)c2)c(Nc2cccc(OC(=O)N(C)C)c2)n1. The number of amides is 1. The van der Waals surface area contributed by atoms with Crippen LogP contribution in [-0.4, -0.2) is 63.1 Å². The lowest BCUT2D eigenvalue weighted by molar-refractivity contribution is 0.172. The molecule has 0 atom stereocenters. The summed E-state index contributed by atoms with van der Waals surface area (Å²) in [4.78, 5) is 23.5. The lowest BCUT2D eigenvalue weighted by Crippen LogP contribution is -2.32. The van der Waals surface area contributed by atoms with Crippen molar-refractivity contribution in [3.8, 4) is 5.75 Å². The molecule has 1 heterocycles. The summed E-state index contributed by atoms with van der Waals surface area (Å²) in [5.41, 5.74) is 0.508. The van der Waals surface area contributed by atoms with Crippen molar-refractivity contribution in [2.75, 3.05) is 48.3 Å². The van der Waals surface area contributed by atoms with Crippen LogP contribution >= 0.6 is 0 Å². The molecule has 3 aromatic rings. The lowest BCUT2D eigenvalue weighted by Gasteiger charge is -2.26. The number of rotatable bonds is 10. The van der Waals surface area contributed by atoms with Crippen LogP contribution < -0.4 is 19.3 Å². The van der Waals surface area contributed by atoms with Crippen molar-refractivity contribution in [2.45, 2.75) is 25.7 Å². The number of anilines is 4. The first-order valence-corrected chi connectivity index (χ1v) is 13.3. The van der Waals surface area contributed by atoms with Crippen LogP contribution in [0.15, 0.2) is 53.6 Å². The fourth-order valence-corrected chi connectivity index (χ4v) is 5.05. The molecule has 204 valence electrons. The minimum absolute atomic E-state index is 0.0590. The largest absolute Gasteiger partial charge is 0.414 e. The minimum atomic E-state index is -4.40. The monoisotopic (exact) mass is 548 g/mol. The van der Waals surface area contributed by atoms with E-state index < -0.39 is 32.6 Å². The number of nitrogens with zero attached hydrogens (tertiary/aromatic N) is 5. The third-order valence-electron chi connectivity index (χ3n) is 5.45. The first-order chi connectivity index (χ1) is 18.0. The summed E-state index contributed by atoms with van der Waals surface area (Å²) in [7, 11) is -1.29. The molecule has 1 amide bonds. The Balaban J connectivity index is 2.11. The van der Waals surface area contributed by atoms with E-state index in [1.54, 1.807) is 45.3 Å². The average molecular weight is 549 g/mol. The molecule has 0 aliphatic rings. The zero-order valence-electron chi connectivity index (χ0n) is 21.8. The van der Waals surface area contributed by atoms with Gasteiger partial charge in [0.1, 0.15) is 23.1 Å². The summed E-state index contributed by atoms with van der Waals surface area (Å²) >= 11 is 0. The first-order valence-electron chi connectivity index (χ1n) is 11.9. The molecule has 2 aromatic carbocycles. The second-order valence-corrected chi connectivity index (χ2v) is 10.1. The van der Waals surface area contributed by atoms with Crippen molar-refractivity contribution in [3.05, 3.63) is 60.3 Å². The average Bonchev–Trinajstić information content (AvgIpc) is 2.86. The number of halogens is 2. The molecule has 1 N–H and O–H groups in total. The molecule has 0 aliphatic carbocycles. The number of carbonyl (C=O) groups excluding carboxylic acids is 1. The van der Waals surface area contributed by atoms with Crippen molar-refractivity contribution < 1.29 is 26.7 Å². The van der Waals surface area contributed by atoms with Crippen molar-refractivity contribution in [1.29, 1.82) is 0 Å². The molecule has 0 aliphatic heterocycles. The first kappa shape index (κ1) is 28.6. The highest BCUT2D eigenvalue weighted by Gasteiger charge is 2.28. The fourth-order valence-electron chi connectivity index (χ4n) is 3.54. The highest BCUT2D eigenvalue weighted by atomic mass is 32.2. The van der Waals surface area contributed by atoms with E-state index in [1.807, 2.05) is 18.7 Å². The molecule has 38 heavy (non-hydrogen) atoms. The van der Waals surface area contributed by atoms with Gasteiger partial charge in [0.15, 0.2) is 5.82 Å². The van der Waals surface area contributed by atoms with E-state index in [-0.39, 0.29) is 23.8 Å². The number of benzene rings is 2. The number of hydrogen-bond acceptors (Lipinski definition) is 8. The van der Waals surface area contributed by atoms with E-state index in [0.29, 0.717) is 30.8 Å². The molecule has 0 unspecified atom stereocenters. The molecule has 0 spiro atoms. The molecule has 0 bridgehead atoms. The molecule has 3 rings (SSSR count). The molecule has 13 heteroatoms. The van der Waals surface area contributed by atoms with Gasteiger partial charge >= 0.3 is 6.09 Å². The Morgan fingerprint density at radius 2 is 1.66 bits per heavy atom. The van der Waals surface area contributed by atoms with Crippen LogP contribution in [0.3, 0.4) is 0 Å². The van der Waals surface area contributed by atoms with Crippen LogP contribution in [0.25, 0.3) is 0 Å². The number of aromatic nitrogens is 2. The molecule has 10 nitrogen and oxygen atoms in total. The second kappa shape index (κ2) is 12.0. The number of carbonyl (C=O) groups is 1. The van der Waals surface area contributed by atoms with Crippen LogP contribution in [0.5, 0.6) is 5.75 Å². The quantitative estimate of drug-likeness (QED) is 0.391. The molecule has 1 aromatic heterocycles. The predicted molar refractivity (Wildman–Crippen MR) is 142 cm³/mol. The van der Waals surface area contributed by atoms with E-state index in [2.05, 4.69) is 15.3 Å². The topological polar surface area (TPSA) is 108 Å². The van der Waals surface area contributed by atoms with Crippen LogP contribution in [0.4, 0.5) is 36.7 Å². The van der Waals surface area contributed by atoms with Crippen LogP contribution in [0.1, 0.15) is 20.8 Å². The smallest absolute Gasteiger partial charge is 0.410 e. The van der Waals surface area contributed by atoms with Gasteiger partial charge in [-0.2, -0.15) is 4.98 Å². The minimum Gasteiger partial charge on any atom is -0.410 e. The summed E-state index contributed by atoms with van der Waals surface area (Å²) in [6.45, 7) is 6.56. The standard InChI is InChI=1S/C25H30F2N6O4S/c1-6-32(7-2)24-28-16-22(33(8-3)38(35,36)21-13-17(26)12-18(27)14-21)23(30-24)29-19-10-9-11-20(15-19)37-25(34)31(4)5/h9-16H,6-8H2,1-5H3,(H,28,29,30). The van der Waals surface area contributed by atoms with E-state index in [1.165, 1.54) is 11.1 Å². The van der Waals surface area contributed by atoms with E-state index in [4.69, 9.17) is 4.74 Å². The van der Waals surface area contributed by atoms with Gasteiger partial charge in [0, 0.05) is 51.5 Å². The van der Waals surface area contributed by atoms with E-state index in [9.17, 15) is 22.0 Å². The fraction of sp³-hybridized carbons (Fsp3) is 0.320. The number of sulfonamides is 1. The molecular weight excluding hydrogens is 518 g/mol. The second-order valence-electron chi connectivity index (χ2n) is 8.27. The number of nitrogens with one attached hydrogen (secondary N) is 1. The highest BCUT2D eigenvalue weighted by Crippen LogP contribution is 2.33. The van der Waals surface area contributed by atoms with Gasteiger partial charge in [-0.1, -0.05) is 6.07 Å². The molecular formula is C25H30F2N6O4S. The van der Waals surface area contributed by atoms with Gasteiger partial charge in [0.2, 0.25) is 5.95 Å². The Bertz CT molecular complexity index is 1380. The van der Waals surface area contributed by atoms with Gasteiger partial charge in [0.05, 0.1) is 11.1 Å².